The van der Waals surface area contributed by atoms with Crippen molar-refractivity contribution in [1.29, 1.82) is 0 Å². The first kappa shape index (κ1) is 9.22. The molecule has 0 saturated heterocycles. The van der Waals surface area contributed by atoms with E-state index in [2.05, 4.69) is 33.9 Å². The molecule has 1 unspecified atom stereocenters. The Morgan fingerprint density at radius 2 is 1.82 bits per heavy atom. The van der Waals surface area contributed by atoms with Crippen molar-refractivity contribution >= 4 is 26.1 Å². The standard InChI is InChI=1S/C8H11OPSe/c1-9-10(2,11)8-6-4-3-5-7-8/h3-7H,1-2H3. The summed E-state index contributed by atoms with van der Waals surface area (Å²) >= 11 is 3.11. The third-order valence-electron chi connectivity index (χ3n) is 1.57. The summed E-state index contributed by atoms with van der Waals surface area (Å²) in [5, 5.41) is 1.27. The Balaban J connectivity index is 3.03. The van der Waals surface area contributed by atoms with E-state index in [1.165, 1.54) is 5.30 Å². The summed E-state index contributed by atoms with van der Waals surface area (Å²) in [4.78, 5) is 0. The van der Waals surface area contributed by atoms with Gasteiger partial charge in [0.25, 0.3) is 0 Å². The molecule has 1 aromatic carbocycles. The monoisotopic (exact) mass is 234 g/mol. The molecule has 0 aliphatic rings. The Morgan fingerprint density at radius 3 is 2.27 bits per heavy atom. The SMILES string of the molecule is COP(C)(=[Se])c1ccccc1. The van der Waals surface area contributed by atoms with Crippen molar-refractivity contribution in [2.24, 2.45) is 0 Å². The molecule has 1 nitrogen and oxygen atoms in total. The molecule has 0 radical (unpaired) electrons. The van der Waals surface area contributed by atoms with Gasteiger partial charge in [-0.3, -0.25) is 0 Å². The van der Waals surface area contributed by atoms with E-state index in [1.54, 1.807) is 7.11 Å². The third kappa shape index (κ3) is 2.28. The molecular weight excluding hydrogens is 222 g/mol. The van der Waals surface area contributed by atoms with Gasteiger partial charge in [0.2, 0.25) is 0 Å². The van der Waals surface area contributed by atoms with E-state index in [4.69, 9.17) is 4.52 Å². The first-order valence-corrected chi connectivity index (χ1v) is 7.73. The molecular formula is C8H11OPSe. The summed E-state index contributed by atoms with van der Waals surface area (Å²) in [6, 6.07) is 10.3. The molecule has 1 rings (SSSR count). The van der Waals surface area contributed by atoms with Gasteiger partial charge in [-0.1, -0.05) is 0 Å². The van der Waals surface area contributed by atoms with Crippen LogP contribution in [0.5, 0.6) is 0 Å². The molecule has 0 bridgehead atoms. The summed E-state index contributed by atoms with van der Waals surface area (Å²) in [6.07, 6.45) is 0. The van der Waals surface area contributed by atoms with Crippen molar-refractivity contribution < 1.29 is 4.52 Å². The van der Waals surface area contributed by atoms with Crippen molar-refractivity contribution in [3.8, 4) is 0 Å². The minimum atomic E-state index is -1.40. The second-order valence-corrected chi connectivity index (χ2v) is 9.32. The van der Waals surface area contributed by atoms with Crippen LogP contribution in [0.15, 0.2) is 30.3 Å². The summed E-state index contributed by atoms with van der Waals surface area (Å²) < 4.78 is 5.38. The predicted molar refractivity (Wildman–Crippen MR) is 51.7 cm³/mol. The molecule has 0 N–H and O–H groups in total. The first-order valence-electron chi connectivity index (χ1n) is 3.35. The Kier molecular flexibility index (Phi) is 3.09. The Labute approximate surface area is 75.1 Å². The topological polar surface area (TPSA) is 9.23 Å². The van der Waals surface area contributed by atoms with Gasteiger partial charge in [-0.2, -0.15) is 0 Å². The van der Waals surface area contributed by atoms with Gasteiger partial charge in [0, 0.05) is 0 Å². The van der Waals surface area contributed by atoms with E-state index < -0.39 is 5.74 Å². The normalized spacial score (nSPS) is 15.8. The van der Waals surface area contributed by atoms with Crippen molar-refractivity contribution in [2.45, 2.75) is 0 Å². The van der Waals surface area contributed by atoms with E-state index in [1.807, 2.05) is 18.2 Å². The molecule has 0 saturated carbocycles. The molecule has 3 heteroatoms. The van der Waals surface area contributed by atoms with Crippen LogP contribution in [0.3, 0.4) is 0 Å². The average Bonchev–Trinajstić information content (AvgIpc) is 2.06. The van der Waals surface area contributed by atoms with Crippen LogP contribution in [0.2, 0.25) is 0 Å². The van der Waals surface area contributed by atoms with Crippen LogP contribution in [-0.2, 0) is 4.52 Å². The molecule has 0 aliphatic carbocycles. The van der Waals surface area contributed by atoms with Crippen LogP contribution in [-0.4, -0.2) is 28.9 Å². The maximum atomic E-state index is 5.38. The molecule has 11 heavy (non-hydrogen) atoms. The zero-order valence-corrected chi connectivity index (χ0v) is 9.26. The zero-order valence-electron chi connectivity index (χ0n) is 6.65. The van der Waals surface area contributed by atoms with Crippen LogP contribution in [0, 0.1) is 0 Å². The Morgan fingerprint density at radius 1 is 1.27 bits per heavy atom. The minimum absolute atomic E-state index is 1.27. The molecule has 0 fully saturated rings. The van der Waals surface area contributed by atoms with Crippen LogP contribution in [0.4, 0.5) is 0 Å². The summed E-state index contributed by atoms with van der Waals surface area (Å²) in [6.45, 7) is 2.11. The van der Waals surface area contributed by atoms with Crippen LogP contribution < -0.4 is 5.30 Å². The Hall–Kier alpha value is 0.129. The third-order valence-corrected chi connectivity index (χ3v) is 5.77. The second-order valence-electron chi connectivity index (χ2n) is 2.36. The molecule has 0 aliphatic heterocycles. The summed E-state index contributed by atoms with van der Waals surface area (Å²) in [7, 11) is 1.75. The van der Waals surface area contributed by atoms with E-state index in [0.717, 1.165) is 0 Å². The fourth-order valence-corrected chi connectivity index (χ4v) is 2.49. The average molecular weight is 233 g/mol. The van der Waals surface area contributed by atoms with Gasteiger partial charge in [0.15, 0.2) is 0 Å². The molecule has 0 heterocycles. The van der Waals surface area contributed by atoms with E-state index in [9.17, 15) is 0 Å². The van der Waals surface area contributed by atoms with E-state index >= 15 is 0 Å². The summed E-state index contributed by atoms with van der Waals surface area (Å²) in [5.74, 6) is 0. The maximum absolute atomic E-state index is 5.38. The van der Waals surface area contributed by atoms with Gasteiger partial charge in [-0.05, 0) is 0 Å². The fraction of sp³-hybridized carbons (Fsp3) is 0.250. The molecule has 0 aromatic heterocycles. The predicted octanol–water partition coefficient (Wildman–Crippen LogP) is 1.60. The summed E-state index contributed by atoms with van der Waals surface area (Å²) in [5.41, 5.74) is -1.40. The first-order chi connectivity index (χ1) is 5.17. The van der Waals surface area contributed by atoms with Crippen LogP contribution in [0.25, 0.3) is 0 Å². The van der Waals surface area contributed by atoms with Crippen molar-refractivity contribution in [2.75, 3.05) is 13.8 Å². The van der Waals surface area contributed by atoms with Crippen molar-refractivity contribution in [1.82, 2.24) is 0 Å². The molecule has 0 amide bonds. The van der Waals surface area contributed by atoms with Gasteiger partial charge >= 0.3 is 74.8 Å². The van der Waals surface area contributed by atoms with E-state index in [0.29, 0.717) is 0 Å². The second kappa shape index (κ2) is 3.69. The number of benzene rings is 1. The molecule has 0 spiro atoms. The Bertz CT molecular complexity index is 271. The number of hydrogen-bond donors (Lipinski definition) is 0. The van der Waals surface area contributed by atoms with Gasteiger partial charge < -0.3 is 0 Å². The van der Waals surface area contributed by atoms with E-state index in [-0.39, 0.29) is 0 Å². The molecule has 1 aromatic rings. The van der Waals surface area contributed by atoms with Gasteiger partial charge in [0.1, 0.15) is 0 Å². The van der Waals surface area contributed by atoms with Gasteiger partial charge in [-0.25, -0.2) is 0 Å². The van der Waals surface area contributed by atoms with Gasteiger partial charge in [0.05, 0.1) is 0 Å². The zero-order chi connectivity index (χ0) is 8.32. The number of hydrogen-bond acceptors (Lipinski definition) is 1. The van der Waals surface area contributed by atoms with Crippen LogP contribution in [0.1, 0.15) is 0 Å². The van der Waals surface area contributed by atoms with Crippen molar-refractivity contribution in [3.63, 3.8) is 0 Å². The fourth-order valence-electron chi connectivity index (χ4n) is 0.804. The quantitative estimate of drug-likeness (QED) is 0.557. The van der Waals surface area contributed by atoms with Gasteiger partial charge in [-0.15, -0.1) is 0 Å². The molecule has 1 atom stereocenters. The molecule has 60 valence electrons. The van der Waals surface area contributed by atoms with Crippen molar-refractivity contribution in [3.05, 3.63) is 30.3 Å². The van der Waals surface area contributed by atoms with Crippen LogP contribution >= 0.6 is 5.74 Å². The number of rotatable bonds is 2.